The molecule has 1 aliphatic heterocycles. The van der Waals surface area contributed by atoms with Crippen molar-refractivity contribution in [1.82, 2.24) is 5.32 Å². The fraction of sp³-hybridized carbons (Fsp3) is 0.357. The van der Waals surface area contributed by atoms with Crippen molar-refractivity contribution in [3.05, 3.63) is 42.3 Å². The van der Waals surface area contributed by atoms with Gasteiger partial charge in [0.05, 0.1) is 0 Å². The first-order chi connectivity index (χ1) is 8.98. The summed E-state index contributed by atoms with van der Waals surface area (Å²) in [6.45, 7) is 2.76. The van der Waals surface area contributed by atoms with Crippen LogP contribution >= 0.6 is 0 Å². The Balaban J connectivity index is 2.08. The van der Waals surface area contributed by atoms with Crippen LogP contribution in [-0.4, -0.2) is 18.9 Å². The van der Waals surface area contributed by atoms with Crippen LogP contribution in [0, 0.1) is 6.42 Å². The maximum atomic E-state index is 12.0. The van der Waals surface area contributed by atoms with Crippen LogP contribution in [0.1, 0.15) is 18.9 Å². The molecule has 0 saturated carbocycles. The number of hydrogen-bond donors (Lipinski definition) is 1. The topological polar surface area (TPSA) is 21.3 Å². The molecule has 1 heterocycles. The van der Waals surface area contributed by atoms with Crippen LogP contribution in [0.25, 0.3) is 5.57 Å². The second-order valence-corrected chi connectivity index (χ2v) is 4.35. The highest BCUT2D eigenvalue weighted by Crippen LogP contribution is 2.27. The number of ether oxygens (including phenoxy) is 1. The van der Waals surface area contributed by atoms with Crippen molar-refractivity contribution in [3.63, 3.8) is 0 Å². The lowest BCUT2D eigenvalue weighted by atomic mass is 9.94. The highest BCUT2D eigenvalue weighted by atomic mass is 19.4. The van der Waals surface area contributed by atoms with Gasteiger partial charge in [0.25, 0.3) is 0 Å². The Bertz CT molecular complexity index is 451. The standard InChI is InChI=1S/C14H15F3NO/c1-2-12-9-11(7-8-18-12)10-3-5-13(6-4-10)19-14(15,16)17/h2-7,12,18H,8-9H2,1H3. The quantitative estimate of drug-likeness (QED) is 0.906. The van der Waals surface area contributed by atoms with Crippen molar-refractivity contribution in [2.45, 2.75) is 25.7 Å². The second-order valence-electron chi connectivity index (χ2n) is 4.35. The average Bonchev–Trinajstić information content (AvgIpc) is 2.38. The van der Waals surface area contributed by atoms with Gasteiger partial charge in [0.15, 0.2) is 0 Å². The van der Waals surface area contributed by atoms with Crippen molar-refractivity contribution in [3.8, 4) is 5.75 Å². The SMILES string of the molecule is C[CH]C1CC(c2ccc(OC(F)(F)F)cc2)=CCN1. The third-order valence-corrected chi connectivity index (χ3v) is 3.03. The van der Waals surface area contributed by atoms with Gasteiger partial charge < -0.3 is 10.1 Å². The molecule has 0 bridgehead atoms. The molecule has 1 aromatic rings. The lowest BCUT2D eigenvalue weighted by molar-refractivity contribution is -0.274. The molecule has 1 unspecified atom stereocenters. The zero-order chi connectivity index (χ0) is 13.9. The van der Waals surface area contributed by atoms with Gasteiger partial charge in [0.1, 0.15) is 5.75 Å². The van der Waals surface area contributed by atoms with Crippen LogP contribution in [0.2, 0.25) is 0 Å². The van der Waals surface area contributed by atoms with Crippen molar-refractivity contribution >= 4 is 5.57 Å². The van der Waals surface area contributed by atoms with Crippen LogP contribution in [0.4, 0.5) is 13.2 Å². The summed E-state index contributed by atoms with van der Waals surface area (Å²) in [7, 11) is 0. The van der Waals surface area contributed by atoms with E-state index < -0.39 is 6.36 Å². The Morgan fingerprint density at radius 1 is 1.26 bits per heavy atom. The predicted molar refractivity (Wildman–Crippen MR) is 67.5 cm³/mol. The van der Waals surface area contributed by atoms with E-state index >= 15 is 0 Å². The number of halogens is 3. The molecule has 0 amide bonds. The molecule has 0 aromatic heterocycles. The molecule has 1 aliphatic rings. The summed E-state index contributed by atoms with van der Waals surface area (Å²) in [6.07, 6.45) is 0.335. The van der Waals surface area contributed by atoms with Crippen molar-refractivity contribution in [1.29, 1.82) is 0 Å². The third-order valence-electron chi connectivity index (χ3n) is 3.03. The molecule has 0 fully saturated rings. The summed E-state index contributed by atoms with van der Waals surface area (Å²) in [5.74, 6) is -0.190. The van der Waals surface area contributed by atoms with Gasteiger partial charge in [-0.15, -0.1) is 13.2 Å². The molecule has 0 saturated heterocycles. The molecule has 1 aromatic carbocycles. The van der Waals surface area contributed by atoms with E-state index in [1.165, 1.54) is 12.1 Å². The summed E-state index contributed by atoms with van der Waals surface area (Å²) < 4.78 is 40.0. The van der Waals surface area contributed by atoms with E-state index in [4.69, 9.17) is 0 Å². The smallest absolute Gasteiger partial charge is 0.406 e. The summed E-state index contributed by atoms with van der Waals surface area (Å²) in [6, 6.07) is 6.31. The molecule has 1 N–H and O–H groups in total. The lowest BCUT2D eigenvalue weighted by Gasteiger charge is -2.23. The molecular weight excluding hydrogens is 255 g/mol. The molecule has 5 heteroatoms. The van der Waals surface area contributed by atoms with Gasteiger partial charge in [-0.2, -0.15) is 0 Å². The molecule has 103 valence electrons. The van der Waals surface area contributed by atoms with Crippen molar-refractivity contribution in [2.24, 2.45) is 0 Å². The van der Waals surface area contributed by atoms with E-state index in [1.54, 1.807) is 12.1 Å². The summed E-state index contributed by atoms with van der Waals surface area (Å²) in [5, 5.41) is 3.31. The summed E-state index contributed by atoms with van der Waals surface area (Å²) in [4.78, 5) is 0. The molecule has 19 heavy (non-hydrogen) atoms. The van der Waals surface area contributed by atoms with E-state index in [0.29, 0.717) is 6.04 Å². The van der Waals surface area contributed by atoms with E-state index in [2.05, 4.69) is 22.6 Å². The van der Waals surface area contributed by atoms with Gasteiger partial charge in [-0.25, -0.2) is 0 Å². The Morgan fingerprint density at radius 3 is 2.53 bits per heavy atom. The van der Waals surface area contributed by atoms with E-state index in [0.717, 1.165) is 24.1 Å². The molecule has 1 atom stereocenters. The first-order valence-electron chi connectivity index (χ1n) is 6.06. The zero-order valence-electron chi connectivity index (χ0n) is 10.5. The fourth-order valence-corrected chi connectivity index (χ4v) is 2.07. The van der Waals surface area contributed by atoms with Gasteiger partial charge in [-0.05, 0) is 36.1 Å². The van der Waals surface area contributed by atoms with Crippen LogP contribution < -0.4 is 10.1 Å². The largest absolute Gasteiger partial charge is 0.573 e. The van der Waals surface area contributed by atoms with E-state index in [1.807, 2.05) is 6.92 Å². The van der Waals surface area contributed by atoms with Crippen LogP contribution in [-0.2, 0) is 0 Å². The second kappa shape index (κ2) is 5.65. The molecule has 2 nitrogen and oxygen atoms in total. The maximum Gasteiger partial charge on any atom is 0.573 e. The highest BCUT2D eigenvalue weighted by Gasteiger charge is 2.31. The first-order valence-corrected chi connectivity index (χ1v) is 6.06. The molecule has 2 rings (SSSR count). The Morgan fingerprint density at radius 2 is 1.95 bits per heavy atom. The maximum absolute atomic E-state index is 12.0. The van der Waals surface area contributed by atoms with Gasteiger partial charge in [0.2, 0.25) is 0 Å². The zero-order valence-corrected chi connectivity index (χ0v) is 10.5. The van der Waals surface area contributed by atoms with Gasteiger partial charge in [-0.1, -0.05) is 25.1 Å². The normalized spacial score (nSPS) is 20.0. The number of hydrogen-bond acceptors (Lipinski definition) is 2. The Kier molecular flexibility index (Phi) is 4.14. The van der Waals surface area contributed by atoms with Gasteiger partial charge in [0, 0.05) is 12.6 Å². The fourth-order valence-electron chi connectivity index (χ4n) is 2.07. The van der Waals surface area contributed by atoms with Crippen molar-refractivity contribution in [2.75, 3.05) is 6.54 Å². The monoisotopic (exact) mass is 270 g/mol. The minimum atomic E-state index is -4.64. The van der Waals surface area contributed by atoms with E-state index in [9.17, 15) is 13.2 Å². The van der Waals surface area contributed by atoms with Gasteiger partial charge in [-0.3, -0.25) is 0 Å². The minimum absolute atomic E-state index is 0.190. The minimum Gasteiger partial charge on any atom is -0.406 e. The summed E-state index contributed by atoms with van der Waals surface area (Å²) >= 11 is 0. The molecule has 0 spiro atoms. The molecule has 0 aliphatic carbocycles. The average molecular weight is 270 g/mol. The Labute approximate surface area is 110 Å². The molecule has 1 radical (unpaired) electrons. The van der Waals surface area contributed by atoms with Crippen LogP contribution in [0.5, 0.6) is 5.75 Å². The van der Waals surface area contributed by atoms with Crippen LogP contribution in [0.3, 0.4) is 0 Å². The third kappa shape index (κ3) is 3.99. The first kappa shape index (κ1) is 13.9. The van der Waals surface area contributed by atoms with Crippen LogP contribution in [0.15, 0.2) is 30.3 Å². The number of nitrogens with one attached hydrogen (secondary N) is 1. The summed E-state index contributed by atoms with van der Waals surface area (Å²) in [5.41, 5.74) is 2.07. The highest BCUT2D eigenvalue weighted by molar-refractivity contribution is 5.67. The van der Waals surface area contributed by atoms with Gasteiger partial charge >= 0.3 is 6.36 Å². The Hall–Kier alpha value is -1.49. The lowest BCUT2D eigenvalue weighted by Crippen LogP contribution is -2.32. The van der Waals surface area contributed by atoms with E-state index in [-0.39, 0.29) is 5.75 Å². The number of rotatable bonds is 3. The van der Waals surface area contributed by atoms with Crippen molar-refractivity contribution < 1.29 is 17.9 Å². The predicted octanol–water partition coefficient (Wildman–Crippen LogP) is 3.55. The number of benzene rings is 1. The molecular formula is C14H15F3NO. The number of alkyl halides is 3.